The molecule has 0 radical (unpaired) electrons. The number of aliphatic hydroxyl groups is 1. The average molecular weight is 175 g/mol. The highest BCUT2D eigenvalue weighted by molar-refractivity contribution is 4.59. The molecule has 0 aromatic carbocycles. The van der Waals surface area contributed by atoms with Crippen molar-refractivity contribution in [1.29, 1.82) is 0 Å². The summed E-state index contributed by atoms with van der Waals surface area (Å²) in [5, 5.41) is 11.9. The predicted molar refractivity (Wildman–Crippen MR) is 50.3 cm³/mol. The molecule has 0 aliphatic rings. The molecule has 0 aliphatic carbocycles. The third-order valence-corrected chi connectivity index (χ3v) is 1.74. The van der Waals surface area contributed by atoms with E-state index in [9.17, 15) is 0 Å². The van der Waals surface area contributed by atoms with Crippen molar-refractivity contribution in [1.82, 2.24) is 5.32 Å². The monoisotopic (exact) mass is 175 g/mol. The smallest absolute Gasteiger partial charge is 0.0590 e. The van der Waals surface area contributed by atoms with Gasteiger partial charge in [-0.3, -0.25) is 0 Å². The summed E-state index contributed by atoms with van der Waals surface area (Å²) < 4.78 is 5.18. The predicted octanol–water partition coefficient (Wildman–Crippen LogP) is 0.773. The minimum Gasteiger partial charge on any atom is -0.396 e. The Morgan fingerprint density at radius 3 is 2.83 bits per heavy atom. The average Bonchev–Trinajstić information content (AvgIpc) is 2.09. The van der Waals surface area contributed by atoms with Crippen molar-refractivity contribution < 1.29 is 9.84 Å². The summed E-state index contributed by atoms with van der Waals surface area (Å²) in [6.07, 6.45) is 1.91. The van der Waals surface area contributed by atoms with Crippen molar-refractivity contribution in [3.8, 4) is 0 Å². The fourth-order valence-corrected chi connectivity index (χ4v) is 1.02. The number of aliphatic hydroxyl groups excluding tert-OH is 1. The van der Waals surface area contributed by atoms with Gasteiger partial charge in [-0.25, -0.2) is 0 Å². The van der Waals surface area contributed by atoms with Gasteiger partial charge in [0.05, 0.1) is 6.61 Å². The molecular formula is C9H21NO2. The highest BCUT2D eigenvalue weighted by Crippen LogP contribution is 1.93. The van der Waals surface area contributed by atoms with Crippen LogP contribution in [0.2, 0.25) is 0 Å². The molecule has 74 valence electrons. The first-order valence-electron chi connectivity index (χ1n) is 4.73. The summed E-state index contributed by atoms with van der Waals surface area (Å²) in [4.78, 5) is 0. The Hall–Kier alpha value is -0.120. The van der Waals surface area contributed by atoms with Crippen molar-refractivity contribution in [2.45, 2.75) is 32.7 Å². The Bertz CT molecular complexity index is 88.6. The second kappa shape index (κ2) is 8.97. The summed E-state index contributed by atoms with van der Waals surface area (Å²) >= 11 is 0. The van der Waals surface area contributed by atoms with E-state index in [1.54, 1.807) is 0 Å². The molecule has 0 bridgehead atoms. The second-order valence-electron chi connectivity index (χ2n) is 2.92. The Morgan fingerprint density at radius 1 is 1.50 bits per heavy atom. The van der Waals surface area contributed by atoms with Gasteiger partial charge in [0.25, 0.3) is 0 Å². The molecule has 0 saturated heterocycles. The first kappa shape index (κ1) is 11.9. The van der Waals surface area contributed by atoms with Gasteiger partial charge in [-0.1, -0.05) is 0 Å². The Labute approximate surface area is 75.1 Å². The Balaban J connectivity index is 3.02. The molecule has 0 rings (SSSR count). The van der Waals surface area contributed by atoms with E-state index in [-0.39, 0.29) is 6.61 Å². The highest BCUT2D eigenvalue weighted by atomic mass is 16.5. The summed E-state index contributed by atoms with van der Waals surface area (Å²) in [6, 6.07) is 0.484. The Kier molecular flexibility index (Phi) is 8.88. The zero-order valence-corrected chi connectivity index (χ0v) is 8.18. The SMILES string of the molecule is CCOCCNC(C)CCCO. The maximum absolute atomic E-state index is 8.57. The standard InChI is InChI=1S/C9H21NO2/c1-3-12-8-6-10-9(2)5-4-7-11/h9-11H,3-8H2,1-2H3. The van der Waals surface area contributed by atoms with Crippen LogP contribution in [-0.2, 0) is 4.74 Å². The van der Waals surface area contributed by atoms with Crippen LogP contribution in [-0.4, -0.2) is 37.5 Å². The minimum atomic E-state index is 0.289. The number of ether oxygens (including phenoxy) is 1. The van der Waals surface area contributed by atoms with Gasteiger partial charge in [-0.2, -0.15) is 0 Å². The molecule has 0 aromatic rings. The number of nitrogens with one attached hydrogen (secondary N) is 1. The molecule has 0 spiro atoms. The lowest BCUT2D eigenvalue weighted by Gasteiger charge is -2.12. The van der Waals surface area contributed by atoms with Gasteiger partial charge in [-0.05, 0) is 26.7 Å². The molecule has 1 unspecified atom stereocenters. The lowest BCUT2D eigenvalue weighted by molar-refractivity contribution is 0.146. The van der Waals surface area contributed by atoms with Crippen LogP contribution in [0.1, 0.15) is 26.7 Å². The van der Waals surface area contributed by atoms with Crippen LogP contribution >= 0.6 is 0 Å². The third-order valence-electron chi connectivity index (χ3n) is 1.74. The zero-order chi connectivity index (χ0) is 9.23. The van der Waals surface area contributed by atoms with Gasteiger partial charge >= 0.3 is 0 Å². The van der Waals surface area contributed by atoms with E-state index in [2.05, 4.69) is 12.2 Å². The van der Waals surface area contributed by atoms with Crippen LogP contribution in [0.25, 0.3) is 0 Å². The van der Waals surface area contributed by atoms with E-state index >= 15 is 0 Å². The van der Waals surface area contributed by atoms with E-state index in [4.69, 9.17) is 9.84 Å². The zero-order valence-electron chi connectivity index (χ0n) is 8.18. The van der Waals surface area contributed by atoms with Gasteiger partial charge in [0.15, 0.2) is 0 Å². The van der Waals surface area contributed by atoms with E-state index in [1.807, 2.05) is 6.92 Å². The lowest BCUT2D eigenvalue weighted by atomic mass is 10.2. The molecule has 0 saturated carbocycles. The summed E-state index contributed by atoms with van der Waals surface area (Å²) in [7, 11) is 0. The molecule has 2 N–H and O–H groups in total. The molecular weight excluding hydrogens is 154 g/mol. The van der Waals surface area contributed by atoms with Crippen LogP contribution < -0.4 is 5.32 Å². The molecule has 0 amide bonds. The molecule has 0 fully saturated rings. The number of hydrogen-bond acceptors (Lipinski definition) is 3. The van der Waals surface area contributed by atoms with Gasteiger partial charge in [0, 0.05) is 25.8 Å². The lowest BCUT2D eigenvalue weighted by Crippen LogP contribution is -2.29. The third kappa shape index (κ3) is 7.98. The van der Waals surface area contributed by atoms with E-state index < -0.39 is 0 Å². The van der Waals surface area contributed by atoms with E-state index in [0.717, 1.165) is 32.6 Å². The van der Waals surface area contributed by atoms with E-state index in [1.165, 1.54) is 0 Å². The summed E-state index contributed by atoms with van der Waals surface area (Å²) in [5.74, 6) is 0. The van der Waals surface area contributed by atoms with Crippen molar-refractivity contribution in [3.05, 3.63) is 0 Å². The van der Waals surface area contributed by atoms with Crippen molar-refractivity contribution >= 4 is 0 Å². The first-order valence-corrected chi connectivity index (χ1v) is 4.73. The maximum Gasteiger partial charge on any atom is 0.0590 e. The Morgan fingerprint density at radius 2 is 2.25 bits per heavy atom. The second-order valence-corrected chi connectivity index (χ2v) is 2.92. The summed E-state index contributed by atoms with van der Waals surface area (Å²) in [5.41, 5.74) is 0. The van der Waals surface area contributed by atoms with Crippen LogP contribution in [0.3, 0.4) is 0 Å². The van der Waals surface area contributed by atoms with Crippen LogP contribution in [0.15, 0.2) is 0 Å². The van der Waals surface area contributed by atoms with Gasteiger partial charge in [0.1, 0.15) is 0 Å². The largest absolute Gasteiger partial charge is 0.396 e. The fourth-order valence-electron chi connectivity index (χ4n) is 1.02. The first-order chi connectivity index (χ1) is 5.81. The van der Waals surface area contributed by atoms with Crippen LogP contribution in [0.4, 0.5) is 0 Å². The van der Waals surface area contributed by atoms with Crippen molar-refractivity contribution in [3.63, 3.8) is 0 Å². The molecule has 3 nitrogen and oxygen atoms in total. The topological polar surface area (TPSA) is 41.5 Å². The maximum atomic E-state index is 8.57. The minimum absolute atomic E-state index is 0.289. The summed E-state index contributed by atoms with van der Waals surface area (Å²) in [6.45, 7) is 6.88. The van der Waals surface area contributed by atoms with Crippen LogP contribution in [0, 0.1) is 0 Å². The van der Waals surface area contributed by atoms with Crippen molar-refractivity contribution in [2.75, 3.05) is 26.4 Å². The molecule has 12 heavy (non-hydrogen) atoms. The molecule has 0 heterocycles. The van der Waals surface area contributed by atoms with E-state index in [0.29, 0.717) is 6.04 Å². The fraction of sp³-hybridized carbons (Fsp3) is 1.00. The number of rotatable bonds is 8. The van der Waals surface area contributed by atoms with Gasteiger partial charge in [-0.15, -0.1) is 0 Å². The van der Waals surface area contributed by atoms with Crippen LogP contribution in [0.5, 0.6) is 0 Å². The molecule has 3 heteroatoms. The molecule has 0 aliphatic heterocycles. The molecule has 1 atom stereocenters. The highest BCUT2D eigenvalue weighted by Gasteiger charge is 1.98. The molecule has 0 aromatic heterocycles. The normalized spacial score (nSPS) is 13.2. The van der Waals surface area contributed by atoms with Gasteiger partial charge < -0.3 is 15.2 Å². The van der Waals surface area contributed by atoms with Crippen molar-refractivity contribution in [2.24, 2.45) is 0 Å². The number of hydrogen-bond donors (Lipinski definition) is 2. The quantitative estimate of drug-likeness (QED) is 0.535. The van der Waals surface area contributed by atoms with Gasteiger partial charge in [0.2, 0.25) is 0 Å².